The Labute approximate surface area is 93.1 Å². The van der Waals surface area contributed by atoms with E-state index in [1.165, 1.54) is 6.33 Å². The molecular formula is C10H15N3O3. The standard InChI is InChI=1S/C10H15N3O3/c1-4-10(2,3)13-8(14)6-7(9(15)16)12-5-11-6/h5H,4H2,1-3H3,(H,11,12)(H,13,14)(H,15,16). The number of nitrogens with zero attached hydrogens (tertiary/aromatic N) is 1. The zero-order valence-corrected chi connectivity index (χ0v) is 9.50. The number of hydrogen-bond acceptors (Lipinski definition) is 3. The van der Waals surface area contributed by atoms with E-state index in [9.17, 15) is 9.59 Å². The van der Waals surface area contributed by atoms with Gasteiger partial charge in [-0.25, -0.2) is 9.78 Å². The van der Waals surface area contributed by atoms with Crippen LogP contribution in [0.4, 0.5) is 0 Å². The Bertz CT molecular complexity index is 409. The van der Waals surface area contributed by atoms with Gasteiger partial charge in [-0.3, -0.25) is 4.79 Å². The second kappa shape index (κ2) is 4.34. The Morgan fingerprint density at radius 1 is 1.56 bits per heavy atom. The quantitative estimate of drug-likeness (QED) is 0.713. The van der Waals surface area contributed by atoms with Crippen LogP contribution in [-0.4, -0.2) is 32.5 Å². The lowest BCUT2D eigenvalue weighted by Gasteiger charge is -2.23. The second-order valence-electron chi connectivity index (χ2n) is 4.12. The summed E-state index contributed by atoms with van der Waals surface area (Å²) in [7, 11) is 0. The summed E-state index contributed by atoms with van der Waals surface area (Å²) in [4.78, 5) is 28.6. The van der Waals surface area contributed by atoms with E-state index in [0.29, 0.717) is 0 Å². The molecular weight excluding hydrogens is 210 g/mol. The molecule has 1 aromatic heterocycles. The molecule has 0 aliphatic heterocycles. The predicted molar refractivity (Wildman–Crippen MR) is 57.4 cm³/mol. The minimum Gasteiger partial charge on any atom is -0.477 e. The summed E-state index contributed by atoms with van der Waals surface area (Å²) >= 11 is 0. The zero-order chi connectivity index (χ0) is 12.3. The normalized spacial score (nSPS) is 11.2. The smallest absolute Gasteiger partial charge is 0.354 e. The third kappa shape index (κ3) is 2.59. The molecule has 0 radical (unpaired) electrons. The Hall–Kier alpha value is -1.85. The third-order valence-electron chi connectivity index (χ3n) is 2.40. The fourth-order valence-electron chi connectivity index (χ4n) is 1.08. The van der Waals surface area contributed by atoms with E-state index < -0.39 is 11.9 Å². The molecule has 1 heterocycles. The van der Waals surface area contributed by atoms with Crippen LogP contribution in [-0.2, 0) is 0 Å². The predicted octanol–water partition coefficient (Wildman–Crippen LogP) is 1.03. The summed E-state index contributed by atoms with van der Waals surface area (Å²) in [6, 6.07) is 0. The summed E-state index contributed by atoms with van der Waals surface area (Å²) in [5.74, 6) is -1.68. The van der Waals surface area contributed by atoms with E-state index in [4.69, 9.17) is 5.11 Å². The molecule has 88 valence electrons. The van der Waals surface area contributed by atoms with E-state index in [0.717, 1.165) is 6.42 Å². The highest BCUT2D eigenvalue weighted by Crippen LogP contribution is 2.10. The molecule has 0 aromatic carbocycles. The third-order valence-corrected chi connectivity index (χ3v) is 2.40. The largest absolute Gasteiger partial charge is 0.477 e. The van der Waals surface area contributed by atoms with Crippen molar-refractivity contribution in [2.24, 2.45) is 0 Å². The van der Waals surface area contributed by atoms with Gasteiger partial charge in [-0.2, -0.15) is 0 Å². The Kier molecular flexibility index (Phi) is 3.31. The lowest BCUT2D eigenvalue weighted by atomic mass is 10.0. The number of imidazole rings is 1. The maximum Gasteiger partial charge on any atom is 0.354 e. The van der Waals surface area contributed by atoms with E-state index >= 15 is 0 Å². The van der Waals surface area contributed by atoms with Gasteiger partial charge in [0.25, 0.3) is 5.91 Å². The molecule has 0 fully saturated rings. The van der Waals surface area contributed by atoms with Crippen LogP contribution >= 0.6 is 0 Å². The lowest BCUT2D eigenvalue weighted by molar-refractivity contribution is 0.0683. The van der Waals surface area contributed by atoms with Crippen LogP contribution in [0.2, 0.25) is 0 Å². The Morgan fingerprint density at radius 3 is 2.69 bits per heavy atom. The van der Waals surface area contributed by atoms with Gasteiger partial charge in [0.2, 0.25) is 0 Å². The molecule has 0 saturated heterocycles. The van der Waals surface area contributed by atoms with Crippen LogP contribution in [0, 0.1) is 0 Å². The fourth-order valence-corrected chi connectivity index (χ4v) is 1.08. The SMILES string of the molecule is CCC(C)(C)NC(=O)c1nc[nH]c1C(=O)O. The summed E-state index contributed by atoms with van der Waals surface area (Å²) in [6.07, 6.45) is 1.93. The molecule has 0 saturated carbocycles. The minimum absolute atomic E-state index is 0.0889. The van der Waals surface area contributed by atoms with Crippen molar-refractivity contribution in [3.8, 4) is 0 Å². The van der Waals surface area contributed by atoms with Crippen molar-refractivity contribution < 1.29 is 14.7 Å². The molecule has 0 atom stereocenters. The number of carbonyl (C=O) groups excluding carboxylic acids is 1. The van der Waals surface area contributed by atoms with Crippen LogP contribution in [0.1, 0.15) is 48.2 Å². The number of amides is 1. The minimum atomic E-state index is -1.20. The van der Waals surface area contributed by atoms with Crippen molar-refractivity contribution >= 4 is 11.9 Å². The first-order chi connectivity index (χ1) is 7.37. The number of nitrogens with one attached hydrogen (secondary N) is 2. The molecule has 1 aromatic rings. The lowest BCUT2D eigenvalue weighted by Crippen LogP contribution is -2.43. The number of aromatic amines is 1. The molecule has 0 aliphatic rings. The molecule has 16 heavy (non-hydrogen) atoms. The van der Waals surface area contributed by atoms with Crippen molar-refractivity contribution in [2.75, 3.05) is 0 Å². The Balaban J connectivity index is 2.89. The van der Waals surface area contributed by atoms with E-state index in [2.05, 4.69) is 15.3 Å². The molecule has 0 aliphatic carbocycles. The summed E-state index contributed by atoms with van der Waals surface area (Å²) in [5, 5.41) is 11.5. The van der Waals surface area contributed by atoms with Gasteiger partial charge >= 0.3 is 5.97 Å². The number of rotatable bonds is 4. The fraction of sp³-hybridized carbons (Fsp3) is 0.500. The number of carboxylic acid groups (broad SMARTS) is 1. The van der Waals surface area contributed by atoms with Crippen LogP contribution < -0.4 is 5.32 Å². The maximum absolute atomic E-state index is 11.7. The maximum atomic E-state index is 11.7. The number of H-pyrrole nitrogens is 1. The average Bonchev–Trinajstić information content (AvgIpc) is 2.65. The van der Waals surface area contributed by atoms with Crippen molar-refractivity contribution in [1.82, 2.24) is 15.3 Å². The van der Waals surface area contributed by atoms with E-state index in [1.807, 2.05) is 20.8 Å². The monoisotopic (exact) mass is 225 g/mol. The van der Waals surface area contributed by atoms with Crippen LogP contribution in [0.15, 0.2) is 6.33 Å². The van der Waals surface area contributed by atoms with Crippen molar-refractivity contribution in [3.05, 3.63) is 17.7 Å². The first kappa shape index (κ1) is 12.2. The van der Waals surface area contributed by atoms with Crippen LogP contribution in [0.25, 0.3) is 0 Å². The van der Waals surface area contributed by atoms with Crippen molar-refractivity contribution in [1.29, 1.82) is 0 Å². The number of carbonyl (C=O) groups is 2. The molecule has 0 spiro atoms. The summed E-state index contributed by atoms with van der Waals surface area (Å²) < 4.78 is 0. The van der Waals surface area contributed by atoms with Gasteiger partial charge in [0.05, 0.1) is 6.33 Å². The van der Waals surface area contributed by atoms with Gasteiger partial charge in [0, 0.05) is 5.54 Å². The van der Waals surface area contributed by atoms with Gasteiger partial charge in [-0.15, -0.1) is 0 Å². The highest BCUT2D eigenvalue weighted by molar-refractivity contribution is 6.02. The molecule has 0 unspecified atom stereocenters. The average molecular weight is 225 g/mol. The zero-order valence-electron chi connectivity index (χ0n) is 9.50. The summed E-state index contributed by atoms with van der Waals surface area (Å²) in [5.41, 5.74) is -0.662. The number of hydrogen-bond donors (Lipinski definition) is 3. The molecule has 3 N–H and O–H groups in total. The van der Waals surface area contributed by atoms with Gasteiger partial charge in [0.1, 0.15) is 0 Å². The van der Waals surface area contributed by atoms with Gasteiger partial charge in [-0.1, -0.05) is 6.92 Å². The van der Waals surface area contributed by atoms with Crippen LogP contribution in [0.3, 0.4) is 0 Å². The molecule has 1 amide bonds. The molecule has 0 bridgehead atoms. The molecule has 6 heteroatoms. The number of aromatic carboxylic acids is 1. The molecule has 6 nitrogen and oxygen atoms in total. The highest BCUT2D eigenvalue weighted by Gasteiger charge is 2.24. The van der Waals surface area contributed by atoms with Crippen molar-refractivity contribution in [2.45, 2.75) is 32.7 Å². The van der Waals surface area contributed by atoms with Gasteiger partial charge in [0.15, 0.2) is 11.4 Å². The van der Waals surface area contributed by atoms with Crippen molar-refractivity contribution in [3.63, 3.8) is 0 Å². The summed E-state index contributed by atoms with van der Waals surface area (Å²) in [6.45, 7) is 5.65. The first-order valence-electron chi connectivity index (χ1n) is 4.96. The van der Waals surface area contributed by atoms with Crippen LogP contribution in [0.5, 0.6) is 0 Å². The Morgan fingerprint density at radius 2 is 2.19 bits per heavy atom. The van der Waals surface area contributed by atoms with Gasteiger partial charge in [-0.05, 0) is 20.3 Å². The number of carboxylic acids is 1. The number of aromatic nitrogens is 2. The topological polar surface area (TPSA) is 95.1 Å². The molecule has 1 rings (SSSR count). The highest BCUT2D eigenvalue weighted by atomic mass is 16.4. The van der Waals surface area contributed by atoms with E-state index in [1.54, 1.807) is 0 Å². The van der Waals surface area contributed by atoms with E-state index in [-0.39, 0.29) is 16.9 Å². The first-order valence-corrected chi connectivity index (χ1v) is 4.96. The second-order valence-corrected chi connectivity index (χ2v) is 4.12. The van der Waals surface area contributed by atoms with Gasteiger partial charge < -0.3 is 15.4 Å².